The van der Waals surface area contributed by atoms with E-state index < -0.39 is 5.54 Å². The Morgan fingerprint density at radius 1 is 1.24 bits per heavy atom. The Hall–Kier alpha value is -2.79. The summed E-state index contributed by atoms with van der Waals surface area (Å²) < 4.78 is 5.29. The summed E-state index contributed by atoms with van der Waals surface area (Å²) in [6.07, 6.45) is 4.26. The van der Waals surface area contributed by atoms with E-state index in [9.17, 15) is 4.79 Å². The van der Waals surface area contributed by atoms with Crippen molar-refractivity contribution >= 4 is 34.8 Å². The quantitative estimate of drug-likeness (QED) is 0.624. The Balaban J connectivity index is 1.69. The number of esters is 1. The molecule has 1 aromatic heterocycles. The van der Waals surface area contributed by atoms with Crippen LogP contribution in [0.4, 0.5) is 0 Å². The van der Waals surface area contributed by atoms with Gasteiger partial charge in [-0.2, -0.15) is 0 Å². The molecule has 0 bridgehead atoms. The SMILES string of the molecule is COC(=O)[C@@]1(c2ccccc2)N=CN(CC2CC2)C1c1cc2ccc(Cl)cc2[nH]1. The molecule has 1 fully saturated rings. The molecule has 1 unspecified atom stereocenters. The maximum Gasteiger partial charge on any atom is 0.341 e. The van der Waals surface area contributed by atoms with Crippen LogP contribution in [0.15, 0.2) is 59.6 Å². The second-order valence-electron chi connectivity index (χ2n) is 7.87. The number of nitrogens with one attached hydrogen (secondary N) is 1. The van der Waals surface area contributed by atoms with Gasteiger partial charge in [-0.15, -0.1) is 0 Å². The number of ether oxygens (including phenoxy) is 1. The van der Waals surface area contributed by atoms with Crippen LogP contribution < -0.4 is 0 Å². The Kier molecular flexibility index (Phi) is 4.36. The number of H-pyrrole nitrogens is 1. The number of hydrogen-bond donors (Lipinski definition) is 1. The number of carbonyl (C=O) groups excluding carboxylic acids is 1. The number of benzene rings is 2. The van der Waals surface area contributed by atoms with Crippen molar-refractivity contribution in [3.63, 3.8) is 0 Å². The van der Waals surface area contributed by atoms with Crippen molar-refractivity contribution in [2.24, 2.45) is 10.9 Å². The van der Waals surface area contributed by atoms with Crippen LogP contribution >= 0.6 is 11.6 Å². The maximum absolute atomic E-state index is 13.2. The van der Waals surface area contributed by atoms with Crippen LogP contribution in [0.2, 0.25) is 5.02 Å². The van der Waals surface area contributed by atoms with E-state index in [1.54, 1.807) is 0 Å². The zero-order valence-electron chi connectivity index (χ0n) is 16.1. The van der Waals surface area contributed by atoms with Gasteiger partial charge in [-0.1, -0.05) is 48.0 Å². The number of fused-ring (bicyclic) bond motifs is 1. The standard InChI is InChI=1S/C23H22ClN3O2/c1-29-22(28)23(17-5-3-2-4-6-17)21(27(14-25-23)13-15-7-8-15)20-11-16-9-10-18(24)12-19(16)26-20/h2-6,9-12,14-15,21,26H,7-8,13H2,1H3/t21?,23-/m0/s1. The smallest absolute Gasteiger partial charge is 0.341 e. The number of aromatic nitrogens is 1. The molecule has 1 aliphatic heterocycles. The van der Waals surface area contributed by atoms with Crippen molar-refractivity contribution in [3.05, 3.63) is 70.9 Å². The molecule has 0 amide bonds. The molecule has 6 heteroatoms. The van der Waals surface area contributed by atoms with Crippen molar-refractivity contribution in [2.75, 3.05) is 13.7 Å². The van der Waals surface area contributed by atoms with E-state index in [0.29, 0.717) is 10.9 Å². The summed E-state index contributed by atoms with van der Waals surface area (Å²) in [5, 5.41) is 1.72. The van der Waals surface area contributed by atoms with E-state index in [1.807, 2.05) is 54.9 Å². The number of rotatable bonds is 5. The fraction of sp³-hybridized carbons (Fsp3) is 0.304. The Morgan fingerprint density at radius 3 is 2.76 bits per heavy atom. The highest BCUT2D eigenvalue weighted by atomic mass is 35.5. The molecule has 1 aliphatic carbocycles. The van der Waals surface area contributed by atoms with E-state index >= 15 is 0 Å². The molecule has 0 saturated heterocycles. The molecule has 0 spiro atoms. The van der Waals surface area contributed by atoms with Gasteiger partial charge in [0.05, 0.1) is 13.4 Å². The summed E-state index contributed by atoms with van der Waals surface area (Å²) in [6, 6.07) is 17.2. The van der Waals surface area contributed by atoms with Gasteiger partial charge in [0.1, 0.15) is 6.04 Å². The van der Waals surface area contributed by atoms with Crippen LogP contribution in [0.3, 0.4) is 0 Å². The number of hydrogen-bond acceptors (Lipinski definition) is 4. The minimum Gasteiger partial charge on any atom is -0.467 e. The summed E-state index contributed by atoms with van der Waals surface area (Å²) in [5.41, 5.74) is 1.53. The van der Waals surface area contributed by atoms with E-state index in [2.05, 4.69) is 16.0 Å². The zero-order valence-corrected chi connectivity index (χ0v) is 16.9. The van der Waals surface area contributed by atoms with Gasteiger partial charge >= 0.3 is 5.97 Å². The van der Waals surface area contributed by atoms with Crippen LogP contribution in [-0.2, 0) is 15.1 Å². The van der Waals surface area contributed by atoms with Gasteiger partial charge in [-0.25, -0.2) is 9.79 Å². The van der Waals surface area contributed by atoms with E-state index in [1.165, 1.54) is 20.0 Å². The predicted octanol–water partition coefficient (Wildman–Crippen LogP) is 4.68. The second kappa shape index (κ2) is 6.92. The van der Waals surface area contributed by atoms with Crippen molar-refractivity contribution in [1.82, 2.24) is 9.88 Å². The Bertz CT molecular complexity index is 1090. The fourth-order valence-corrected chi connectivity index (χ4v) is 4.50. The fourth-order valence-electron chi connectivity index (χ4n) is 4.33. The minimum atomic E-state index is -1.16. The van der Waals surface area contributed by atoms with Crippen molar-refractivity contribution in [3.8, 4) is 0 Å². The van der Waals surface area contributed by atoms with Crippen LogP contribution in [0.1, 0.15) is 30.1 Å². The third-order valence-corrected chi connectivity index (χ3v) is 6.15. The van der Waals surface area contributed by atoms with Crippen molar-refractivity contribution in [2.45, 2.75) is 24.4 Å². The Labute approximate surface area is 174 Å². The molecule has 148 valence electrons. The first-order chi connectivity index (χ1) is 14.1. The lowest BCUT2D eigenvalue weighted by Crippen LogP contribution is -2.44. The highest BCUT2D eigenvalue weighted by Gasteiger charge is 2.55. The third kappa shape index (κ3) is 3.01. The second-order valence-corrected chi connectivity index (χ2v) is 8.30. The molecule has 1 N–H and O–H groups in total. The number of aliphatic imine (C=N–C) groups is 1. The Morgan fingerprint density at radius 2 is 2.03 bits per heavy atom. The molecule has 5 rings (SSSR count). The minimum absolute atomic E-state index is 0.316. The molecule has 29 heavy (non-hydrogen) atoms. The highest BCUT2D eigenvalue weighted by Crippen LogP contribution is 2.48. The van der Waals surface area contributed by atoms with Gasteiger partial charge in [0.2, 0.25) is 5.54 Å². The molecule has 0 radical (unpaired) electrons. The lowest BCUT2D eigenvalue weighted by atomic mass is 9.81. The van der Waals surface area contributed by atoms with E-state index in [4.69, 9.17) is 21.3 Å². The molecule has 2 aliphatic rings. The normalized spacial score (nSPS) is 23.7. The first kappa shape index (κ1) is 18.3. The predicted molar refractivity (Wildman–Crippen MR) is 114 cm³/mol. The maximum atomic E-state index is 13.2. The van der Waals surface area contributed by atoms with Crippen LogP contribution in [0, 0.1) is 5.92 Å². The lowest BCUT2D eigenvalue weighted by Gasteiger charge is -2.35. The zero-order chi connectivity index (χ0) is 20.0. The molecule has 2 heterocycles. The number of nitrogens with zero attached hydrogens (tertiary/aromatic N) is 2. The summed E-state index contributed by atoms with van der Waals surface area (Å²) in [6.45, 7) is 0.871. The van der Waals surface area contributed by atoms with E-state index in [0.717, 1.165) is 28.7 Å². The lowest BCUT2D eigenvalue weighted by molar-refractivity contribution is -0.149. The topological polar surface area (TPSA) is 57.7 Å². The van der Waals surface area contributed by atoms with Gasteiger partial charge in [0.25, 0.3) is 0 Å². The summed E-state index contributed by atoms with van der Waals surface area (Å²) in [5.74, 6) is 0.284. The molecule has 5 nitrogen and oxygen atoms in total. The third-order valence-electron chi connectivity index (χ3n) is 5.91. The molecule has 3 aromatic rings. The van der Waals surface area contributed by atoms with Crippen molar-refractivity contribution < 1.29 is 9.53 Å². The van der Waals surface area contributed by atoms with Gasteiger partial charge in [-0.3, -0.25) is 0 Å². The summed E-state index contributed by atoms with van der Waals surface area (Å²) in [4.78, 5) is 23.7. The number of carbonyl (C=O) groups is 1. The highest BCUT2D eigenvalue weighted by molar-refractivity contribution is 6.31. The van der Waals surface area contributed by atoms with Gasteiger partial charge in [0, 0.05) is 22.8 Å². The molecular weight excluding hydrogens is 386 g/mol. The molecule has 2 atom stereocenters. The largest absolute Gasteiger partial charge is 0.467 e. The summed E-state index contributed by atoms with van der Waals surface area (Å²) in [7, 11) is 1.42. The van der Waals surface area contributed by atoms with Gasteiger partial charge in [-0.05, 0) is 47.9 Å². The average Bonchev–Trinajstić information content (AvgIpc) is 3.33. The molecule has 2 aromatic carbocycles. The van der Waals surface area contributed by atoms with Crippen LogP contribution in [0.5, 0.6) is 0 Å². The molecular formula is C23H22ClN3O2. The van der Waals surface area contributed by atoms with Crippen LogP contribution in [-0.4, -0.2) is 35.8 Å². The summed E-state index contributed by atoms with van der Waals surface area (Å²) >= 11 is 6.19. The number of methoxy groups -OCH3 is 1. The monoisotopic (exact) mass is 407 g/mol. The number of aromatic amines is 1. The first-order valence-corrected chi connectivity index (χ1v) is 10.2. The van der Waals surface area contributed by atoms with Gasteiger partial charge in [0.15, 0.2) is 0 Å². The van der Waals surface area contributed by atoms with E-state index in [-0.39, 0.29) is 12.0 Å². The van der Waals surface area contributed by atoms with Crippen LogP contribution in [0.25, 0.3) is 10.9 Å². The van der Waals surface area contributed by atoms with Gasteiger partial charge < -0.3 is 14.6 Å². The average molecular weight is 408 g/mol. The molecule has 1 saturated carbocycles. The number of halogens is 1. The van der Waals surface area contributed by atoms with Crippen molar-refractivity contribution in [1.29, 1.82) is 0 Å². The first-order valence-electron chi connectivity index (χ1n) is 9.85.